The van der Waals surface area contributed by atoms with Gasteiger partial charge in [0.2, 0.25) is 0 Å². The second-order valence-corrected chi connectivity index (χ2v) is 8.14. The molecule has 0 unspecified atom stereocenters. The number of nitrogens with zero attached hydrogens (tertiary/aromatic N) is 3. The van der Waals surface area contributed by atoms with Crippen molar-refractivity contribution in [2.75, 3.05) is 33.3 Å². The molecule has 0 spiro atoms. The second kappa shape index (κ2) is 12.6. The number of benzene rings is 2. The van der Waals surface area contributed by atoms with Gasteiger partial charge in [-0.3, -0.25) is 14.8 Å². The maximum absolute atomic E-state index is 13.9. The average Bonchev–Trinajstić information content (AvgIpc) is 2.92. The number of nitrogens with one attached hydrogen (secondary N) is 1. The zero-order valence-electron chi connectivity index (χ0n) is 20.6. The Hall–Kier alpha value is -4.31. The van der Waals surface area contributed by atoms with Crippen molar-refractivity contribution in [2.24, 2.45) is 4.99 Å². The van der Waals surface area contributed by atoms with Crippen LogP contribution in [0.25, 0.3) is 11.6 Å². The molecule has 0 bridgehead atoms. The lowest BCUT2D eigenvalue weighted by Crippen LogP contribution is -2.50. The summed E-state index contributed by atoms with van der Waals surface area (Å²) in [4.78, 5) is 33.0. The molecule has 2 aromatic rings. The van der Waals surface area contributed by atoms with Gasteiger partial charge in [-0.05, 0) is 48.4 Å². The van der Waals surface area contributed by atoms with E-state index in [0.717, 1.165) is 0 Å². The summed E-state index contributed by atoms with van der Waals surface area (Å²) in [5.74, 6) is -1.24. The van der Waals surface area contributed by atoms with E-state index in [-0.39, 0.29) is 17.2 Å². The van der Waals surface area contributed by atoms with Crippen LogP contribution < -0.4 is 10.2 Å². The topological polar surface area (TPSA) is 94.5 Å². The molecule has 37 heavy (non-hydrogen) atoms. The van der Waals surface area contributed by atoms with E-state index in [9.17, 15) is 18.4 Å². The SMILES string of the molecule is C=C/C(=C\N=C(C)N1CCN(C(=O)/C(=C/c2ccc(F)c(OC)c2)c2ccc(F)cc2)CC1)C(=O)NO. The molecule has 2 N–H and O–H groups in total. The van der Waals surface area contributed by atoms with E-state index >= 15 is 0 Å². The number of hydrogen-bond donors (Lipinski definition) is 2. The van der Waals surface area contributed by atoms with Gasteiger partial charge in [0.05, 0.1) is 12.7 Å². The van der Waals surface area contributed by atoms with Gasteiger partial charge in [0.25, 0.3) is 11.8 Å². The first kappa shape index (κ1) is 27.3. The summed E-state index contributed by atoms with van der Waals surface area (Å²) in [6, 6.07) is 9.90. The third-order valence-electron chi connectivity index (χ3n) is 5.87. The standard InChI is InChI=1S/C27H28F2N4O4/c1-4-20(26(34)31-36)17-30-18(2)32-11-13-33(14-12-32)27(35)23(21-6-8-22(28)9-7-21)15-19-5-10-24(29)25(16-19)37-3/h4-10,15-17,36H,1,11-14H2,2-3H3,(H,31,34)/b20-17+,23-15+,30-18?. The number of hydrogen-bond acceptors (Lipinski definition) is 5. The van der Waals surface area contributed by atoms with Gasteiger partial charge in [-0.2, -0.15) is 0 Å². The Labute approximate surface area is 213 Å². The molecule has 3 rings (SSSR count). The minimum absolute atomic E-state index is 0.0492. The summed E-state index contributed by atoms with van der Waals surface area (Å²) in [6.45, 7) is 7.07. The monoisotopic (exact) mass is 510 g/mol. The molecule has 10 heteroatoms. The van der Waals surface area contributed by atoms with Crippen LogP contribution in [0.5, 0.6) is 5.75 Å². The minimum Gasteiger partial charge on any atom is -0.494 e. The summed E-state index contributed by atoms with van der Waals surface area (Å²) >= 11 is 0. The Balaban J connectivity index is 1.81. The Morgan fingerprint density at radius 3 is 2.32 bits per heavy atom. The van der Waals surface area contributed by atoms with Gasteiger partial charge >= 0.3 is 0 Å². The molecule has 0 aliphatic carbocycles. The number of amides is 2. The molecule has 0 aromatic heterocycles. The summed E-state index contributed by atoms with van der Waals surface area (Å²) < 4.78 is 32.5. The van der Waals surface area contributed by atoms with Crippen LogP contribution in [-0.4, -0.2) is 65.9 Å². The van der Waals surface area contributed by atoms with E-state index in [1.807, 2.05) is 4.90 Å². The lowest BCUT2D eigenvalue weighted by Gasteiger charge is -2.36. The quantitative estimate of drug-likeness (QED) is 0.113. The number of carbonyl (C=O) groups excluding carboxylic acids is 2. The number of piperazine rings is 1. The Kier molecular flexibility index (Phi) is 9.28. The van der Waals surface area contributed by atoms with E-state index in [4.69, 9.17) is 9.94 Å². The van der Waals surface area contributed by atoms with Gasteiger partial charge in [0, 0.05) is 38.0 Å². The van der Waals surface area contributed by atoms with E-state index in [2.05, 4.69) is 11.6 Å². The highest BCUT2D eigenvalue weighted by Crippen LogP contribution is 2.25. The molecule has 1 aliphatic heterocycles. The van der Waals surface area contributed by atoms with E-state index in [1.54, 1.807) is 17.9 Å². The molecule has 2 aromatic carbocycles. The molecule has 8 nitrogen and oxygen atoms in total. The molecule has 1 heterocycles. The Bertz CT molecular complexity index is 1250. The molecule has 2 amide bonds. The molecule has 1 fully saturated rings. The summed E-state index contributed by atoms with van der Waals surface area (Å²) in [6.07, 6.45) is 4.21. The van der Waals surface area contributed by atoms with Crippen LogP contribution in [0.1, 0.15) is 18.1 Å². The van der Waals surface area contributed by atoms with Crippen molar-refractivity contribution < 1.29 is 28.3 Å². The summed E-state index contributed by atoms with van der Waals surface area (Å²) in [7, 11) is 1.36. The minimum atomic E-state index is -0.721. The number of ether oxygens (including phenoxy) is 1. The molecular weight excluding hydrogens is 482 g/mol. The number of rotatable bonds is 7. The van der Waals surface area contributed by atoms with Crippen LogP contribution in [-0.2, 0) is 9.59 Å². The molecule has 0 atom stereocenters. The summed E-state index contributed by atoms with van der Waals surface area (Å²) in [5.41, 5.74) is 3.05. The normalized spacial score (nSPS) is 14.9. The van der Waals surface area contributed by atoms with Crippen LogP contribution in [0.15, 0.2) is 71.9 Å². The molecule has 1 aliphatic rings. The van der Waals surface area contributed by atoms with Crippen molar-refractivity contribution in [1.29, 1.82) is 0 Å². The van der Waals surface area contributed by atoms with Gasteiger partial charge in [0.1, 0.15) is 11.7 Å². The number of halogens is 2. The zero-order chi connectivity index (χ0) is 26.9. The number of carbonyl (C=O) groups is 2. The fourth-order valence-corrected chi connectivity index (χ4v) is 3.75. The maximum atomic E-state index is 13.9. The molecule has 0 saturated carbocycles. The lowest BCUT2D eigenvalue weighted by molar-refractivity contribution is -0.126. The number of methoxy groups -OCH3 is 1. The van der Waals surface area contributed by atoms with Crippen LogP contribution in [0.4, 0.5) is 8.78 Å². The average molecular weight is 511 g/mol. The van der Waals surface area contributed by atoms with Crippen molar-refractivity contribution >= 4 is 29.3 Å². The first-order chi connectivity index (χ1) is 17.8. The lowest BCUT2D eigenvalue weighted by atomic mass is 10.0. The van der Waals surface area contributed by atoms with Crippen molar-refractivity contribution in [2.45, 2.75) is 6.92 Å². The fourth-order valence-electron chi connectivity index (χ4n) is 3.75. The highest BCUT2D eigenvalue weighted by Gasteiger charge is 2.25. The van der Waals surface area contributed by atoms with Gasteiger partial charge in [-0.25, -0.2) is 19.3 Å². The fraction of sp³-hybridized carbons (Fsp3) is 0.222. The predicted molar refractivity (Wildman–Crippen MR) is 137 cm³/mol. The molecule has 0 radical (unpaired) electrons. The van der Waals surface area contributed by atoms with Crippen molar-refractivity contribution in [3.05, 3.63) is 89.7 Å². The van der Waals surface area contributed by atoms with Crippen LogP contribution in [0.2, 0.25) is 0 Å². The number of hydroxylamine groups is 1. The smallest absolute Gasteiger partial charge is 0.276 e. The van der Waals surface area contributed by atoms with Crippen LogP contribution in [0.3, 0.4) is 0 Å². The highest BCUT2D eigenvalue weighted by atomic mass is 19.1. The van der Waals surface area contributed by atoms with Gasteiger partial charge < -0.3 is 14.5 Å². The predicted octanol–water partition coefficient (Wildman–Crippen LogP) is 3.65. The molecule has 194 valence electrons. The third kappa shape index (κ3) is 6.89. The van der Waals surface area contributed by atoms with E-state index in [0.29, 0.717) is 48.7 Å². The zero-order valence-corrected chi connectivity index (χ0v) is 20.6. The van der Waals surface area contributed by atoms with E-state index < -0.39 is 17.5 Å². The Morgan fingerprint density at radius 2 is 1.73 bits per heavy atom. The first-order valence-corrected chi connectivity index (χ1v) is 11.4. The maximum Gasteiger partial charge on any atom is 0.276 e. The van der Waals surface area contributed by atoms with Crippen molar-refractivity contribution in [1.82, 2.24) is 15.3 Å². The van der Waals surface area contributed by atoms with Gasteiger partial charge in [0.15, 0.2) is 11.6 Å². The van der Waals surface area contributed by atoms with Gasteiger partial charge in [-0.1, -0.05) is 30.9 Å². The van der Waals surface area contributed by atoms with Crippen LogP contribution >= 0.6 is 0 Å². The van der Waals surface area contributed by atoms with E-state index in [1.165, 1.54) is 67.3 Å². The first-order valence-electron chi connectivity index (χ1n) is 11.4. The number of amidine groups is 1. The highest BCUT2D eigenvalue weighted by molar-refractivity contribution is 6.24. The molecule has 1 saturated heterocycles. The van der Waals surface area contributed by atoms with Crippen molar-refractivity contribution in [3.63, 3.8) is 0 Å². The van der Waals surface area contributed by atoms with Crippen molar-refractivity contribution in [3.8, 4) is 5.75 Å². The number of aliphatic imine (C=N–C) groups is 1. The van der Waals surface area contributed by atoms with Gasteiger partial charge in [-0.15, -0.1) is 0 Å². The summed E-state index contributed by atoms with van der Waals surface area (Å²) in [5, 5.41) is 8.77. The molecular formula is C27H28F2N4O4. The third-order valence-corrected chi connectivity index (χ3v) is 5.87. The Morgan fingerprint density at radius 1 is 1.08 bits per heavy atom. The second-order valence-electron chi connectivity index (χ2n) is 8.14. The van der Waals surface area contributed by atoms with Crippen LogP contribution in [0, 0.1) is 11.6 Å². The largest absolute Gasteiger partial charge is 0.494 e.